The van der Waals surface area contributed by atoms with E-state index in [4.69, 9.17) is 14.5 Å². The first-order valence-electron chi connectivity index (χ1n) is 9.95. The summed E-state index contributed by atoms with van der Waals surface area (Å²) in [5, 5.41) is 12.2. The molecule has 0 saturated carbocycles. The second-order valence-corrected chi connectivity index (χ2v) is 7.50. The number of rotatable bonds is 6. The van der Waals surface area contributed by atoms with Crippen LogP contribution in [0.2, 0.25) is 0 Å². The first kappa shape index (κ1) is 19.9. The Morgan fingerprint density at radius 1 is 0.867 bits per heavy atom. The SMILES string of the molecule is COCOc1ccc(Cc2c(C)cc(O)cc2C)nc1-c1ccc2ccccc2c1. The number of phenolic OH excluding ortho intramolecular Hbond substituents is 1. The molecule has 4 aromatic rings. The molecule has 0 aliphatic heterocycles. The number of benzene rings is 3. The van der Waals surface area contributed by atoms with Crippen LogP contribution >= 0.6 is 0 Å². The van der Waals surface area contributed by atoms with Crippen LogP contribution in [-0.2, 0) is 11.2 Å². The third-order valence-electron chi connectivity index (χ3n) is 5.31. The lowest BCUT2D eigenvalue weighted by atomic mass is 9.97. The molecule has 4 nitrogen and oxygen atoms in total. The molecular weight excluding hydrogens is 374 g/mol. The van der Waals surface area contributed by atoms with Crippen molar-refractivity contribution in [2.24, 2.45) is 0 Å². The molecule has 30 heavy (non-hydrogen) atoms. The van der Waals surface area contributed by atoms with Crippen LogP contribution < -0.4 is 4.74 Å². The molecule has 4 heteroatoms. The van der Waals surface area contributed by atoms with Crippen LogP contribution in [0.1, 0.15) is 22.4 Å². The molecule has 1 aromatic heterocycles. The largest absolute Gasteiger partial charge is 0.508 e. The van der Waals surface area contributed by atoms with Gasteiger partial charge in [-0.05, 0) is 71.6 Å². The number of aryl methyl sites for hydroxylation is 2. The van der Waals surface area contributed by atoms with Crippen molar-refractivity contribution >= 4 is 10.8 Å². The van der Waals surface area contributed by atoms with E-state index in [0.29, 0.717) is 17.9 Å². The van der Waals surface area contributed by atoms with Gasteiger partial charge in [0.1, 0.15) is 17.2 Å². The van der Waals surface area contributed by atoms with Gasteiger partial charge in [-0.2, -0.15) is 0 Å². The molecule has 1 N–H and O–H groups in total. The van der Waals surface area contributed by atoms with Gasteiger partial charge in [0.2, 0.25) is 0 Å². The third kappa shape index (κ3) is 4.14. The zero-order valence-electron chi connectivity index (χ0n) is 17.5. The van der Waals surface area contributed by atoms with Gasteiger partial charge in [-0.25, -0.2) is 4.98 Å². The number of methoxy groups -OCH3 is 1. The Bertz CT molecular complexity index is 1180. The second-order valence-electron chi connectivity index (χ2n) is 7.50. The quantitative estimate of drug-likeness (QED) is 0.417. The zero-order chi connectivity index (χ0) is 21.1. The molecule has 0 aliphatic rings. The molecular formula is C26H25NO3. The Morgan fingerprint density at radius 3 is 2.33 bits per heavy atom. The van der Waals surface area contributed by atoms with Crippen molar-refractivity contribution in [3.05, 3.63) is 89.1 Å². The van der Waals surface area contributed by atoms with Gasteiger partial charge in [-0.15, -0.1) is 0 Å². The monoisotopic (exact) mass is 399 g/mol. The fraction of sp³-hybridized carbons (Fsp3) is 0.192. The molecule has 152 valence electrons. The van der Waals surface area contributed by atoms with Crippen molar-refractivity contribution in [1.29, 1.82) is 0 Å². The summed E-state index contributed by atoms with van der Waals surface area (Å²) in [6.07, 6.45) is 0.684. The van der Waals surface area contributed by atoms with Gasteiger partial charge in [0.05, 0.1) is 0 Å². The van der Waals surface area contributed by atoms with Crippen molar-refractivity contribution in [3.63, 3.8) is 0 Å². The third-order valence-corrected chi connectivity index (χ3v) is 5.31. The van der Waals surface area contributed by atoms with Crippen LogP contribution in [0.25, 0.3) is 22.0 Å². The van der Waals surface area contributed by atoms with Crippen molar-refractivity contribution in [2.45, 2.75) is 20.3 Å². The molecule has 0 bridgehead atoms. The summed E-state index contributed by atoms with van der Waals surface area (Å²) in [5.74, 6) is 0.983. The summed E-state index contributed by atoms with van der Waals surface area (Å²) in [4.78, 5) is 4.96. The highest BCUT2D eigenvalue weighted by Gasteiger charge is 2.13. The number of fused-ring (bicyclic) bond motifs is 1. The highest BCUT2D eigenvalue weighted by atomic mass is 16.7. The van der Waals surface area contributed by atoms with Crippen LogP contribution in [0.5, 0.6) is 11.5 Å². The van der Waals surface area contributed by atoms with E-state index in [1.54, 1.807) is 19.2 Å². The minimum atomic E-state index is 0.164. The number of aromatic nitrogens is 1. The maximum atomic E-state index is 9.84. The minimum absolute atomic E-state index is 0.164. The van der Waals surface area contributed by atoms with E-state index in [1.807, 2.05) is 38.1 Å². The molecule has 0 unspecified atom stereocenters. The van der Waals surface area contributed by atoms with Crippen LogP contribution in [-0.4, -0.2) is 24.0 Å². The normalized spacial score (nSPS) is 11.0. The number of aromatic hydroxyl groups is 1. The summed E-state index contributed by atoms with van der Waals surface area (Å²) in [5.41, 5.74) is 6.03. The van der Waals surface area contributed by atoms with Crippen molar-refractivity contribution in [2.75, 3.05) is 13.9 Å². The highest BCUT2D eigenvalue weighted by Crippen LogP contribution is 2.32. The van der Waals surface area contributed by atoms with Crippen LogP contribution in [0.3, 0.4) is 0 Å². The second kappa shape index (κ2) is 8.56. The van der Waals surface area contributed by atoms with Gasteiger partial charge in [0.15, 0.2) is 6.79 Å². The van der Waals surface area contributed by atoms with Crippen LogP contribution in [0, 0.1) is 13.8 Å². The maximum absolute atomic E-state index is 9.84. The van der Waals surface area contributed by atoms with Gasteiger partial charge >= 0.3 is 0 Å². The van der Waals surface area contributed by atoms with E-state index in [0.717, 1.165) is 33.5 Å². The first-order valence-corrected chi connectivity index (χ1v) is 9.95. The smallest absolute Gasteiger partial charge is 0.188 e. The van der Waals surface area contributed by atoms with E-state index < -0.39 is 0 Å². The molecule has 1 heterocycles. The summed E-state index contributed by atoms with van der Waals surface area (Å²) in [6.45, 7) is 4.20. The zero-order valence-corrected chi connectivity index (χ0v) is 17.5. The summed E-state index contributed by atoms with van der Waals surface area (Å²) in [7, 11) is 1.61. The number of hydrogen-bond donors (Lipinski definition) is 1. The predicted octanol–water partition coefficient (Wildman–Crippen LogP) is 5.80. The standard InChI is InChI=1S/C26H25NO3/c1-17-12-23(28)13-18(2)24(17)15-22-10-11-25(30-16-29-3)26(27-22)21-9-8-19-6-4-5-7-20(19)14-21/h4-14,28H,15-16H2,1-3H3. The van der Waals surface area contributed by atoms with E-state index in [2.05, 4.69) is 30.3 Å². The highest BCUT2D eigenvalue weighted by molar-refractivity contribution is 5.87. The van der Waals surface area contributed by atoms with Gasteiger partial charge in [0, 0.05) is 24.8 Å². The predicted molar refractivity (Wildman–Crippen MR) is 120 cm³/mol. The lowest BCUT2D eigenvalue weighted by molar-refractivity contribution is 0.0513. The number of pyridine rings is 1. The van der Waals surface area contributed by atoms with Crippen molar-refractivity contribution in [1.82, 2.24) is 4.98 Å². The van der Waals surface area contributed by atoms with Crippen LogP contribution in [0.4, 0.5) is 0 Å². The Labute approximate surface area is 176 Å². The lowest BCUT2D eigenvalue weighted by Gasteiger charge is -2.14. The molecule has 0 fully saturated rings. The van der Waals surface area contributed by atoms with Gasteiger partial charge in [0.25, 0.3) is 0 Å². The topological polar surface area (TPSA) is 51.6 Å². The maximum Gasteiger partial charge on any atom is 0.188 e. The molecule has 0 atom stereocenters. The first-order chi connectivity index (χ1) is 14.5. The molecule has 0 radical (unpaired) electrons. The molecule has 0 spiro atoms. The average Bonchev–Trinajstić information content (AvgIpc) is 2.74. The van der Waals surface area contributed by atoms with Gasteiger partial charge in [-0.3, -0.25) is 0 Å². The number of ether oxygens (including phenoxy) is 2. The molecule has 0 aliphatic carbocycles. The lowest BCUT2D eigenvalue weighted by Crippen LogP contribution is -2.04. The fourth-order valence-electron chi connectivity index (χ4n) is 3.80. The van der Waals surface area contributed by atoms with Gasteiger partial charge < -0.3 is 14.6 Å². The Balaban J connectivity index is 1.77. The number of phenols is 1. The minimum Gasteiger partial charge on any atom is -0.508 e. The van der Waals surface area contributed by atoms with Crippen molar-refractivity contribution in [3.8, 4) is 22.8 Å². The molecule has 0 saturated heterocycles. The van der Waals surface area contributed by atoms with Gasteiger partial charge in [-0.1, -0.05) is 36.4 Å². The molecule has 0 amide bonds. The summed E-state index contributed by atoms with van der Waals surface area (Å²) in [6, 6.07) is 22.1. The van der Waals surface area contributed by atoms with Crippen molar-refractivity contribution < 1.29 is 14.6 Å². The Kier molecular flexibility index (Phi) is 5.68. The average molecular weight is 399 g/mol. The van der Waals surface area contributed by atoms with Crippen LogP contribution in [0.15, 0.2) is 66.7 Å². The van der Waals surface area contributed by atoms with E-state index >= 15 is 0 Å². The fourth-order valence-corrected chi connectivity index (χ4v) is 3.80. The van der Waals surface area contributed by atoms with E-state index in [9.17, 15) is 5.11 Å². The van der Waals surface area contributed by atoms with E-state index in [1.165, 1.54) is 10.9 Å². The summed E-state index contributed by atoms with van der Waals surface area (Å²) < 4.78 is 10.9. The molecule has 3 aromatic carbocycles. The van der Waals surface area contributed by atoms with E-state index in [-0.39, 0.29) is 6.79 Å². The molecule has 4 rings (SSSR count). The Hall–Kier alpha value is -3.37. The number of nitrogens with zero attached hydrogens (tertiary/aromatic N) is 1. The summed E-state index contributed by atoms with van der Waals surface area (Å²) >= 11 is 0. The Morgan fingerprint density at radius 2 is 1.60 bits per heavy atom. The number of hydrogen-bond acceptors (Lipinski definition) is 4.